The average molecular weight is 268 g/mol. The highest BCUT2D eigenvalue weighted by molar-refractivity contribution is 7.11. The Balaban J connectivity index is 2.07. The van der Waals surface area contributed by atoms with Gasteiger partial charge in [-0.25, -0.2) is 9.78 Å². The lowest BCUT2D eigenvalue weighted by atomic mass is 10.0. The molecule has 0 aromatic carbocycles. The lowest BCUT2D eigenvalue weighted by Crippen LogP contribution is -2.32. The predicted octanol–water partition coefficient (Wildman–Crippen LogP) is 2.10. The minimum absolute atomic E-state index is 0.0495. The van der Waals surface area contributed by atoms with Crippen LogP contribution in [0.3, 0.4) is 0 Å². The van der Waals surface area contributed by atoms with Crippen molar-refractivity contribution in [2.24, 2.45) is 5.92 Å². The molecular weight excluding hydrogens is 252 g/mol. The molecule has 2 rings (SSSR count). The van der Waals surface area contributed by atoms with Gasteiger partial charge in [-0.05, 0) is 25.2 Å². The number of carbonyl (C=O) groups is 2. The molecule has 1 aromatic heterocycles. The van der Waals surface area contributed by atoms with Crippen LogP contribution in [0.4, 0.5) is 0 Å². The molecule has 2 heterocycles. The van der Waals surface area contributed by atoms with Crippen molar-refractivity contribution < 1.29 is 14.7 Å². The third-order valence-electron chi connectivity index (χ3n) is 3.21. The molecule has 1 saturated heterocycles. The fourth-order valence-corrected chi connectivity index (χ4v) is 2.83. The summed E-state index contributed by atoms with van der Waals surface area (Å²) >= 11 is 1.10. The highest BCUT2D eigenvalue weighted by atomic mass is 32.1. The van der Waals surface area contributed by atoms with Crippen molar-refractivity contribution in [3.8, 4) is 0 Å². The molecule has 1 atom stereocenters. The van der Waals surface area contributed by atoms with Gasteiger partial charge in [0, 0.05) is 18.5 Å². The van der Waals surface area contributed by atoms with Crippen molar-refractivity contribution in [2.75, 3.05) is 13.1 Å². The van der Waals surface area contributed by atoms with Crippen molar-refractivity contribution in [3.63, 3.8) is 0 Å². The van der Waals surface area contributed by atoms with Crippen LogP contribution in [0, 0.1) is 5.92 Å². The first-order valence-electron chi connectivity index (χ1n) is 6.06. The van der Waals surface area contributed by atoms with E-state index >= 15 is 0 Å². The van der Waals surface area contributed by atoms with E-state index in [1.807, 2.05) is 0 Å². The van der Waals surface area contributed by atoms with E-state index in [0.29, 0.717) is 5.92 Å². The van der Waals surface area contributed by atoms with Gasteiger partial charge >= 0.3 is 5.97 Å². The van der Waals surface area contributed by atoms with Crippen LogP contribution in [0.2, 0.25) is 0 Å². The summed E-state index contributed by atoms with van der Waals surface area (Å²) in [6, 6.07) is 0. The summed E-state index contributed by atoms with van der Waals surface area (Å²) in [5.74, 6) is -0.579. The Labute approximate surface area is 109 Å². The van der Waals surface area contributed by atoms with E-state index in [0.717, 1.165) is 43.7 Å². The molecule has 18 heavy (non-hydrogen) atoms. The fourth-order valence-electron chi connectivity index (χ4n) is 2.07. The Kier molecular flexibility index (Phi) is 3.96. The van der Waals surface area contributed by atoms with Gasteiger partial charge in [0.15, 0.2) is 10.7 Å². The number of rotatable bonds is 2. The Morgan fingerprint density at radius 1 is 1.44 bits per heavy atom. The SMILES string of the molecule is CC1CCCN(C(=O)c2nc(C(=O)O)cs2)CC1. The molecule has 1 amide bonds. The maximum absolute atomic E-state index is 12.2. The maximum Gasteiger partial charge on any atom is 0.355 e. The molecule has 1 unspecified atom stereocenters. The Hall–Kier alpha value is -1.43. The van der Waals surface area contributed by atoms with E-state index in [-0.39, 0.29) is 16.6 Å². The third kappa shape index (κ3) is 2.87. The lowest BCUT2D eigenvalue weighted by molar-refractivity contribution is 0.0691. The van der Waals surface area contributed by atoms with Crippen LogP contribution in [0.1, 0.15) is 46.5 Å². The molecule has 1 fully saturated rings. The summed E-state index contributed by atoms with van der Waals surface area (Å²) < 4.78 is 0. The van der Waals surface area contributed by atoms with Crippen molar-refractivity contribution in [3.05, 3.63) is 16.1 Å². The Morgan fingerprint density at radius 3 is 2.89 bits per heavy atom. The van der Waals surface area contributed by atoms with Gasteiger partial charge in [-0.3, -0.25) is 4.79 Å². The molecule has 0 bridgehead atoms. The van der Waals surface area contributed by atoms with E-state index in [9.17, 15) is 9.59 Å². The zero-order valence-electron chi connectivity index (χ0n) is 10.3. The molecule has 0 aliphatic carbocycles. The second-order valence-electron chi connectivity index (χ2n) is 4.67. The first-order chi connectivity index (χ1) is 8.58. The minimum atomic E-state index is -1.09. The van der Waals surface area contributed by atoms with Gasteiger partial charge in [0.2, 0.25) is 0 Å². The number of nitrogens with zero attached hydrogens (tertiary/aromatic N) is 2. The minimum Gasteiger partial charge on any atom is -0.476 e. The van der Waals surface area contributed by atoms with Crippen molar-refractivity contribution >= 4 is 23.2 Å². The third-order valence-corrected chi connectivity index (χ3v) is 4.04. The number of amides is 1. The topological polar surface area (TPSA) is 70.5 Å². The summed E-state index contributed by atoms with van der Waals surface area (Å²) in [4.78, 5) is 28.6. The van der Waals surface area contributed by atoms with Crippen LogP contribution in [-0.4, -0.2) is 40.0 Å². The van der Waals surface area contributed by atoms with Gasteiger partial charge in [-0.1, -0.05) is 6.92 Å². The van der Waals surface area contributed by atoms with Crippen molar-refractivity contribution in [1.29, 1.82) is 0 Å². The van der Waals surface area contributed by atoms with Crippen LogP contribution in [0.5, 0.6) is 0 Å². The molecule has 1 aliphatic rings. The summed E-state index contributed by atoms with van der Waals surface area (Å²) in [6.07, 6.45) is 3.15. The van der Waals surface area contributed by atoms with Crippen LogP contribution in [-0.2, 0) is 0 Å². The molecule has 1 aliphatic heterocycles. The molecule has 0 saturated carbocycles. The van der Waals surface area contributed by atoms with Gasteiger partial charge in [-0.15, -0.1) is 11.3 Å². The first kappa shape index (κ1) is 13.0. The van der Waals surface area contributed by atoms with E-state index in [2.05, 4.69) is 11.9 Å². The number of aromatic nitrogens is 1. The first-order valence-corrected chi connectivity index (χ1v) is 6.94. The zero-order chi connectivity index (χ0) is 13.1. The fraction of sp³-hybridized carbons (Fsp3) is 0.583. The molecule has 0 radical (unpaired) electrons. The Bertz CT molecular complexity index is 458. The van der Waals surface area contributed by atoms with E-state index in [4.69, 9.17) is 5.11 Å². The van der Waals surface area contributed by atoms with Crippen molar-refractivity contribution in [1.82, 2.24) is 9.88 Å². The van der Waals surface area contributed by atoms with Crippen LogP contribution in [0.15, 0.2) is 5.38 Å². The summed E-state index contributed by atoms with van der Waals surface area (Å²) in [6.45, 7) is 3.67. The number of carbonyl (C=O) groups excluding carboxylic acids is 1. The smallest absolute Gasteiger partial charge is 0.355 e. The second-order valence-corrected chi connectivity index (χ2v) is 5.53. The van der Waals surface area contributed by atoms with E-state index < -0.39 is 5.97 Å². The van der Waals surface area contributed by atoms with Crippen LogP contribution in [0.25, 0.3) is 0 Å². The number of aromatic carboxylic acids is 1. The molecule has 98 valence electrons. The molecule has 0 spiro atoms. The van der Waals surface area contributed by atoms with Gasteiger partial charge in [0.05, 0.1) is 0 Å². The van der Waals surface area contributed by atoms with Crippen LogP contribution >= 0.6 is 11.3 Å². The summed E-state index contributed by atoms with van der Waals surface area (Å²) in [5.41, 5.74) is -0.0495. The average Bonchev–Trinajstić information content (AvgIpc) is 2.73. The van der Waals surface area contributed by atoms with Crippen molar-refractivity contribution in [2.45, 2.75) is 26.2 Å². The second kappa shape index (κ2) is 5.48. The number of carboxylic acid groups (broad SMARTS) is 1. The number of hydrogen-bond donors (Lipinski definition) is 1. The summed E-state index contributed by atoms with van der Waals surface area (Å²) in [7, 11) is 0. The largest absolute Gasteiger partial charge is 0.476 e. The highest BCUT2D eigenvalue weighted by Crippen LogP contribution is 2.19. The van der Waals surface area contributed by atoms with Gasteiger partial charge in [0.25, 0.3) is 5.91 Å². The normalized spacial score (nSPS) is 20.5. The molecular formula is C12H16N2O3S. The molecule has 1 aromatic rings. The van der Waals surface area contributed by atoms with Gasteiger partial charge < -0.3 is 10.0 Å². The highest BCUT2D eigenvalue weighted by Gasteiger charge is 2.23. The number of hydrogen-bond acceptors (Lipinski definition) is 4. The maximum atomic E-state index is 12.2. The number of likely N-dealkylation sites (tertiary alicyclic amines) is 1. The molecule has 5 nitrogen and oxygen atoms in total. The predicted molar refractivity (Wildman–Crippen MR) is 68.0 cm³/mol. The Morgan fingerprint density at radius 2 is 2.22 bits per heavy atom. The lowest BCUT2D eigenvalue weighted by Gasteiger charge is -2.18. The standard InChI is InChI=1S/C12H16N2O3S/c1-8-3-2-5-14(6-4-8)11(15)10-13-9(7-18-10)12(16)17/h7-8H,2-6H2,1H3,(H,16,17). The molecule has 1 N–H and O–H groups in total. The van der Waals surface area contributed by atoms with E-state index in [1.54, 1.807) is 4.90 Å². The zero-order valence-corrected chi connectivity index (χ0v) is 11.1. The van der Waals surface area contributed by atoms with Crippen LogP contribution < -0.4 is 0 Å². The monoisotopic (exact) mass is 268 g/mol. The van der Waals surface area contributed by atoms with Gasteiger partial charge in [0.1, 0.15) is 0 Å². The number of thiazole rings is 1. The molecule has 6 heteroatoms. The summed E-state index contributed by atoms with van der Waals surface area (Å²) in [5, 5.41) is 10.5. The van der Waals surface area contributed by atoms with Gasteiger partial charge in [-0.2, -0.15) is 0 Å². The van der Waals surface area contributed by atoms with E-state index in [1.165, 1.54) is 5.38 Å². The number of carboxylic acids is 1. The quantitative estimate of drug-likeness (QED) is 0.891.